The third-order valence-electron chi connectivity index (χ3n) is 15.0. The van der Waals surface area contributed by atoms with Crippen molar-refractivity contribution in [2.75, 3.05) is 32.7 Å². The van der Waals surface area contributed by atoms with Gasteiger partial charge in [-0.2, -0.15) is 0 Å². The Balaban J connectivity index is 1.08. The molecule has 3 atom stereocenters. The Hall–Kier alpha value is -3.02. The lowest BCUT2D eigenvalue weighted by Gasteiger charge is -2.57. The highest BCUT2D eigenvalue weighted by Crippen LogP contribution is 2.62. The van der Waals surface area contributed by atoms with Crippen molar-refractivity contribution < 1.29 is 19.2 Å². The Bertz CT molecular complexity index is 1450. The lowest BCUT2D eigenvalue weighted by molar-refractivity contribution is -0.143. The first-order valence-corrected chi connectivity index (χ1v) is 22.4. The molecule has 8 fully saturated rings. The van der Waals surface area contributed by atoms with E-state index in [0.29, 0.717) is 75.9 Å². The van der Waals surface area contributed by atoms with E-state index in [9.17, 15) is 19.2 Å². The Kier molecular flexibility index (Phi) is 13.4. The number of benzene rings is 1. The molecule has 0 radical (unpaired) electrons. The average molecular weight is 774 g/mol. The van der Waals surface area contributed by atoms with Crippen molar-refractivity contribution in [3.05, 3.63) is 35.9 Å². The van der Waals surface area contributed by atoms with E-state index in [1.807, 2.05) is 30.3 Å². The van der Waals surface area contributed by atoms with Crippen LogP contribution in [0.25, 0.3) is 0 Å². The fourth-order valence-corrected chi connectivity index (χ4v) is 13.4. The topological polar surface area (TPSA) is 186 Å². The molecule has 0 heterocycles. The number of amides is 4. The molecule has 0 saturated heterocycles. The van der Waals surface area contributed by atoms with Gasteiger partial charge in [-0.3, -0.25) is 19.2 Å². The summed E-state index contributed by atoms with van der Waals surface area (Å²) in [6.07, 6.45) is 18.7. The highest BCUT2D eigenvalue weighted by molar-refractivity contribution is 5.90. The van der Waals surface area contributed by atoms with Crippen molar-refractivity contribution in [1.29, 1.82) is 0 Å². The zero-order valence-corrected chi connectivity index (χ0v) is 33.9. The van der Waals surface area contributed by atoms with Crippen molar-refractivity contribution >= 4 is 23.6 Å². The van der Waals surface area contributed by atoms with Gasteiger partial charge in [0.2, 0.25) is 23.6 Å². The SMILES string of the molecule is NCCCC[C@H](NC(=O)[C@@H](N)CCCN)C(=O)N[C@@H](Cc1ccccc1)CN(CC(=O)NCC12CC3CC(CC(C3)C1)C2)C(=O)CC12CC3CC(CC(C3)C1)C2. The molecule has 11 nitrogen and oxygen atoms in total. The van der Waals surface area contributed by atoms with Crippen LogP contribution in [0.3, 0.4) is 0 Å². The van der Waals surface area contributed by atoms with Crippen LogP contribution < -0.4 is 33.2 Å². The van der Waals surface area contributed by atoms with Gasteiger partial charge in [0, 0.05) is 19.5 Å². The molecule has 9 N–H and O–H groups in total. The standard InChI is InChI=1S/C45H71N7O4/c46-11-5-4-10-39(51-42(55)38(48)9-6-12-47)43(56)50-37(19-30-7-2-1-3-8-30)27-52(41(54)26-44-20-31-13-32(21-44)15-33(14-31)22-44)28-40(53)49-29-45-23-34-16-35(24-45)18-36(17-34)25-45/h1-3,7-8,31-39H,4-6,9-29,46-48H2,(H,49,53)(H,50,56)(H,51,55)/t31?,32?,33?,34?,35?,36?,37-,38-,39-,44?,45?/m0/s1. The third kappa shape index (κ3) is 10.3. The molecule has 310 valence electrons. The summed E-state index contributed by atoms with van der Waals surface area (Å²) in [5.41, 5.74) is 18.9. The number of unbranched alkanes of at least 4 members (excludes halogenated alkanes) is 1. The first-order chi connectivity index (χ1) is 27.0. The van der Waals surface area contributed by atoms with E-state index >= 15 is 0 Å². The van der Waals surface area contributed by atoms with Gasteiger partial charge in [-0.1, -0.05) is 30.3 Å². The van der Waals surface area contributed by atoms with Crippen LogP contribution in [-0.4, -0.2) is 79.4 Å². The van der Waals surface area contributed by atoms with E-state index in [1.165, 1.54) is 57.8 Å². The second kappa shape index (κ2) is 18.3. The van der Waals surface area contributed by atoms with Crippen LogP contribution in [0.5, 0.6) is 0 Å². The van der Waals surface area contributed by atoms with E-state index in [2.05, 4.69) is 16.0 Å². The van der Waals surface area contributed by atoms with Crippen LogP contribution in [0.15, 0.2) is 30.3 Å². The summed E-state index contributed by atoms with van der Waals surface area (Å²) in [4.78, 5) is 57.8. The van der Waals surface area contributed by atoms with Crippen LogP contribution in [0.1, 0.15) is 121 Å². The number of nitrogens with two attached hydrogens (primary N) is 3. The minimum atomic E-state index is -0.809. The number of nitrogens with zero attached hydrogens (tertiary/aromatic N) is 1. The molecule has 8 aliphatic carbocycles. The molecular formula is C45H71N7O4. The second-order valence-electron chi connectivity index (χ2n) is 19.8. The molecule has 1 aromatic carbocycles. The molecule has 8 aliphatic rings. The molecule has 0 aliphatic heterocycles. The number of hydrogen-bond acceptors (Lipinski definition) is 7. The van der Waals surface area contributed by atoms with Gasteiger partial charge in [0.05, 0.1) is 18.6 Å². The fourth-order valence-electron chi connectivity index (χ4n) is 13.4. The molecule has 0 unspecified atom stereocenters. The Labute approximate surface area is 335 Å². The van der Waals surface area contributed by atoms with Crippen LogP contribution in [0.4, 0.5) is 0 Å². The van der Waals surface area contributed by atoms with E-state index in [-0.39, 0.29) is 47.5 Å². The molecule has 0 spiro atoms. The molecule has 1 aromatic rings. The summed E-state index contributed by atoms with van der Waals surface area (Å²) in [6.45, 7) is 1.79. The van der Waals surface area contributed by atoms with Gasteiger partial charge in [-0.05, 0) is 181 Å². The van der Waals surface area contributed by atoms with Crippen molar-refractivity contribution in [2.45, 2.75) is 140 Å². The number of carbonyl (C=O) groups is 4. The summed E-state index contributed by atoms with van der Waals surface area (Å²) in [5, 5.41) is 9.51. The van der Waals surface area contributed by atoms with Crippen molar-refractivity contribution in [1.82, 2.24) is 20.9 Å². The van der Waals surface area contributed by atoms with E-state index < -0.39 is 18.1 Å². The quantitative estimate of drug-likeness (QED) is 0.101. The lowest BCUT2D eigenvalue weighted by Crippen LogP contribution is -2.57. The maximum atomic E-state index is 14.7. The highest BCUT2D eigenvalue weighted by atomic mass is 16.2. The molecule has 4 amide bonds. The molecule has 8 saturated carbocycles. The number of carbonyl (C=O) groups excluding carboxylic acids is 4. The summed E-state index contributed by atoms with van der Waals surface area (Å²) >= 11 is 0. The zero-order valence-electron chi connectivity index (χ0n) is 33.9. The summed E-state index contributed by atoms with van der Waals surface area (Å²) in [7, 11) is 0. The third-order valence-corrected chi connectivity index (χ3v) is 15.0. The summed E-state index contributed by atoms with van der Waals surface area (Å²) in [5.74, 6) is 3.74. The number of hydrogen-bond donors (Lipinski definition) is 6. The minimum absolute atomic E-state index is 0.0129. The Morgan fingerprint density at radius 1 is 0.696 bits per heavy atom. The van der Waals surface area contributed by atoms with Crippen LogP contribution in [-0.2, 0) is 25.6 Å². The van der Waals surface area contributed by atoms with E-state index in [0.717, 1.165) is 49.0 Å². The lowest BCUT2D eigenvalue weighted by atomic mass is 9.49. The predicted octanol–water partition coefficient (Wildman–Crippen LogP) is 4.16. The minimum Gasteiger partial charge on any atom is -0.354 e. The van der Waals surface area contributed by atoms with Gasteiger partial charge in [0.25, 0.3) is 0 Å². The molecule has 9 rings (SSSR count). The molecule has 8 bridgehead atoms. The summed E-state index contributed by atoms with van der Waals surface area (Å²) in [6, 6.07) is 7.89. The second-order valence-corrected chi connectivity index (χ2v) is 19.8. The average Bonchev–Trinajstić information content (AvgIpc) is 3.14. The molecule has 11 heteroatoms. The first-order valence-electron chi connectivity index (χ1n) is 22.4. The van der Waals surface area contributed by atoms with Crippen LogP contribution >= 0.6 is 0 Å². The van der Waals surface area contributed by atoms with Gasteiger partial charge >= 0.3 is 0 Å². The molecule has 56 heavy (non-hydrogen) atoms. The van der Waals surface area contributed by atoms with Crippen LogP contribution in [0.2, 0.25) is 0 Å². The normalized spacial score (nSPS) is 32.4. The Morgan fingerprint density at radius 2 is 1.25 bits per heavy atom. The van der Waals surface area contributed by atoms with Crippen molar-refractivity contribution in [3.63, 3.8) is 0 Å². The van der Waals surface area contributed by atoms with Crippen molar-refractivity contribution in [2.24, 2.45) is 63.5 Å². The first kappa shape index (κ1) is 41.2. The maximum Gasteiger partial charge on any atom is 0.242 e. The Morgan fingerprint density at radius 3 is 1.80 bits per heavy atom. The van der Waals surface area contributed by atoms with Gasteiger partial charge in [0.1, 0.15) is 6.04 Å². The molecule has 0 aromatic heterocycles. The highest BCUT2D eigenvalue weighted by Gasteiger charge is 2.53. The molecular weight excluding hydrogens is 703 g/mol. The van der Waals surface area contributed by atoms with Crippen molar-refractivity contribution in [3.8, 4) is 0 Å². The summed E-state index contributed by atoms with van der Waals surface area (Å²) < 4.78 is 0. The fraction of sp³-hybridized carbons (Fsp3) is 0.778. The maximum absolute atomic E-state index is 14.7. The van der Waals surface area contributed by atoms with Gasteiger partial charge in [-0.25, -0.2) is 0 Å². The van der Waals surface area contributed by atoms with Gasteiger partial charge < -0.3 is 38.1 Å². The van der Waals surface area contributed by atoms with Gasteiger partial charge in [0.15, 0.2) is 0 Å². The predicted molar refractivity (Wildman–Crippen MR) is 219 cm³/mol. The number of nitrogens with one attached hydrogen (secondary N) is 3. The van der Waals surface area contributed by atoms with Crippen LogP contribution in [0, 0.1) is 46.3 Å². The van der Waals surface area contributed by atoms with E-state index in [4.69, 9.17) is 17.2 Å². The smallest absolute Gasteiger partial charge is 0.242 e. The van der Waals surface area contributed by atoms with Gasteiger partial charge in [-0.15, -0.1) is 0 Å². The number of rotatable bonds is 21. The monoisotopic (exact) mass is 774 g/mol. The largest absolute Gasteiger partial charge is 0.354 e. The van der Waals surface area contributed by atoms with E-state index in [1.54, 1.807) is 4.90 Å². The zero-order chi connectivity index (χ0) is 39.3.